The zero-order valence-electron chi connectivity index (χ0n) is 13.7. The average Bonchev–Trinajstić information content (AvgIpc) is 3.18. The molecule has 24 heavy (non-hydrogen) atoms. The Labute approximate surface area is 147 Å². The van der Waals surface area contributed by atoms with Crippen molar-refractivity contribution in [3.05, 3.63) is 47.2 Å². The van der Waals surface area contributed by atoms with Crippen molar-refractivity contribution in [1.82, 2.24) is 14.7 Å². The highest BCUT2D eigenvalue weighted by atomic mass is 32.1. The lowest BCUT2D eigenvalue weighted by Gasteiger charge is -2.32. The van der Waals surface area contributed by atoms with Crippen molar-refractivity contribution >= 4 is 23.1 Å². The molecule has 1 fully saturated rings. The second-order valence-corrected chi connectivity index (χ2v) is 7.12. The monoisotopic (exact) mass is 341 g/mol. The number of nitrogens with two attached hydrogens (primary N) is 1. The molecule has 1 atom stereocenters. The molecular formula is C18H23N5S. The lowest BCUT2D eigenvalue weighted by molar-refractivity contribution is 0.198. The molecule has 2 aromatic rings. The summed E-state index contributed by atoms with van der Waals surface area (Å²) in [5.74, 6) is 1.48. The van der Waals surface area contributed by atoms with Gasteiger partial charge in [-0.25, -0.2) is 0 Å². The predicted molar refractivity (Wildman–Crippen MR) is 100 cm³/mol. The Morgan fingerprint density at radius 2 is 2.17 bits per heavy atom. The summed E-state index contributed by atoms with van der Waals surface area (Å²) >= 11 is 5.16. The van der Waals surface area contributed by atoms with E-state index in [9.17, 15) is 0 Å². The summed E-state index contributed by atoms with van der Waals surface area (Å²) in [5, 5.41) is 8.46. The van der Waals surface area contributed by atoms with E-state index in [-0.39, 0.29) is 0 Å². The van der Waals surface area contributed by atoms with E-state index in [1.165, 1.54) is 29.7 Å². The van der Waals surface area contributed by atoms with E-state index in [1.54, 1.807) is 4.68 Å². The number of hydrogen-bond acceptors (Lipinski definition) is 4. The molecule has 0 spiro atoms. The van der Waals surface area contributed by atoms with Crippen LogP contribution in [0.5, 0.6) is 0 Å². The maximum Gasteiger partial charge on any atom is 0.193 e. The highest BCUT2D eigenvalue weighted by Gasteiger charge is 2.30. The first kappa shape index (κ1) is 15.6. The Morgan fingerprint density at radius 1 is 1.33 bits per heavy atom. The van der Waals surface area contributed by atoms with Gasteiger partial charge in [0.2, 0.25) is 0 Å². The molecule has 0 radical (unpaired) electrons. The third kappa shape index (κ3) is 2.91. The summed E-state index contributed by atoms with van der Waals surface area (Å²) in [6, 6.07) is 10.7. The van der Waals surface area contributed by atoms with Crippen LogP contribution in [0.15, 0.2) is 30.3 Å². The van der Waals surface area contributed by atoms with E-state index in [0.29, 0.717) is 11.0 Å². The lowest BCUT2D eigenvalue weighted by Crippen LogP contribution is -2.34. The largest absolute Gasteiger partial charge is 0.374 e. The average molecular weight is 341 g/mol. The fourth-order valence-corrected chi connectivity index (χ4v) is 4.08. The first-order valence-electron chi connectivity index (χ1n) is 8.64. The van der Waals surface area contributed by atoms with Crippen molar-refractivity contribution in [2.75, 3.05) is 25.0 Å². The summed E-state index contributed by atoms with van der Waals surface area (Å²) in [6.45, 7) is 4.16. The van der Waals surface area contributed by atoms with Crippen molar-refractivity contribution in [3.63, 3.8) is 0 Å². The van der Waals surface area contributed by atoms with Gasteiger partial charge < -0.3 is 11.1 Å². The normalized spacial score (nSPS) is 20.6. The number of benzene rings is 1. The minimum atomic E-state index is 0.323. The van der Waals surface area contributed by atoms with Crippen LogP contribution in [0.4, 0.5) is 5.82 Å². The van der Waals surface area contributed by atoms with Crippen molar-refractivity contribution in [1.29, 1.82) is 0 Å². The molecule has 0 amide bonds. The van der Waals surface area contributed by atoms with E-state index >= 15 is 0 Å². The Balaban J connectivity index is 1.54. The molecular weight excluding hydrogens is 318 g/mol. The van der Waals surface area contributed by atoms with Crippen LogP contribution in [0.3, 0.4) is 0 Å². The molecule has 3 heterocycles. The molecule has 2 aliphatic rings. The summed E-state index contributed by atoms with van der Waals surface area (Å²) < 4.78 is 1.71. The molecule has 5 nitrogen and oxygen atoms in total. The fraction of sp³-hybridized carbons (Fsp3) is 0.444. The van der Waals surface area contributed by atoms with E-state index < -0.39 is 0 Å². The predicted octanol–water partition coefficient (Wildman–Crippen LogP) is 2.32. The molecule has 1 unspecified atom stereocenters. The number of thiocarbonyl (C=S) groups is 1. The fourth-order valence-electron chi connectivity index (χ4n) is 3.95. The minimum absolute atomic E-state index is 0.323. The van der Waals surface area contributed by atoms with E-state index in [1.807, 2.05) is 0 Å². The van der Waals surface area contributed by atoms with Crippen LogP contribution in [-0.4, -0.2) is 39.4 Å². The SMILES string of the molecule is NC(=S)n1nc(C2CCCN(Cc3ccccc3)C2)c2c1NCC2. The molecule has 0 saturated carbocycles. The molecule has 1 aromatic carbocycles. The number of aromatic nitrogens is 2. The van der Waals surface area contributed by atoms with E-state index in [0.717, 1.165) is 38.4 Å². The quantitative estimate of drug-likeness (QED) is 0.839. The lowest BCUT2D eigenvalue weighted by atomic mass is 9.91. The van der Waals surface area contributed by atoms with Gasteiger partial charge in [0.25, 0.3) is 0 Å². The Kier molecular flexibility index (Phi) is 4.24. The first-order valence-corrected chi connectivity index (χ1v) is 9.05. The van der Waals surface area contributed by atoms with Crippen molar-refractivity contribution in [2.24, 2.45) is 5.73 Å². The van der Waals surface area contributed by atoms with Crippen molar-refractivity contribution in [3.8, 4) is 0 Å². The van der Waals surface area contributed by atoms with E-state index in [4.69, 9.17) is 23.1 Å². The highest BCUT2D eigenvalue weighted by molar-refractivity contribution is 7.80. The highest BCUT2D eigenvalue weighted by Crippen LogP contribution is 2.35. The topological polar surface area (TPSA) is 59.1 Å². The van der Waals surface area contributed by atoms with Gasteiger partial charge in [-0.2, -0.15) is 9.78 Å². The zero-order valence-corrected chi connectivity index (χ0v) is 14.6. The minimum Gasteiger partial charge on any atom is -0.374 e. The summed E-state index contributed by atoms with van der Waals surface area (Å²) in [6.07, 6.45) is 3.41. The number of piperidine rings is 1. The molecule has 2 aliphatic heterocycles. The maximum absolute atomic E-state index is 5.84. The standard InChI is InChI=1S/C18H23N5S/c19-18(24)23-17-15(8-9-20-17)16(21-23)14-7-4-10-22(12-14)11-13-5-2-1-3-6-13/h1-3,5-6,14,20H,4,7-12H2,(H2,19,24). The van der Waals surface area contributed by atoms with Crippen molar-refractivity contribution in [2.45, 2.75) is 31.7 Å². The number of likely N-dealkylation sites (tertiary alicyclic amines) is 1. The van der Waals surface area contributed by atoms with Crippen LogP contribution in [0.1, 0.15) is 35.6 Å². The van der Waals surface area contributed by atoms with Crippen LogP contribution in [-0.2, 0) is 13.0 Å². The Hall–Kier alpha value is -1.92. The molecule has 126 valence electrons. The number of hydrogen-bond donors (Lipinski definition) is 2. The maximum atomic E-state index is 5.84. The third-order valence-corrected chi connectivity index (χ3v) is 5.20. The Morgan fingerprint density at radius 3 is 2.96 bits per heavy atom. The smallest absolute Gasteiger partial charge is 0.193 e. The molecule has 4 rings (SSSR count). The number of nitrogens with one attached hydrogen (secondary N) is 1. The van der Waals surface area contributed by atoms with Gasteiger partial charge in [-0.1, -0.05) is 30.3 Å². The molecule has 6 heteroatoms. The van der Waals surface area contributed by atoms with Crippen LogP contribution in [0.25, 0.3) is 0 Å². The molecule has 1 saturated heterocycles. The first-order chi connectivity index (χ1) is 11.7. The van der Waals surface area contributed by atoms with Gasteiger partial charge in [-0.05, 0) is 43.6 Å². The van der Waals surface area contributed by atoms with Crippen LogP contribution < -0.4 is 11.1 Å². The number of rotatable bonds is 3. The second-order valence-electron chi connectivity index (χ2n) is 6.70. The summed E-state index contributed by atoms with van der Waals surface area (Å²) in [4.78, 5) is 2.54. The van der Waals surface area contributed by atoms with Crippen LogP contribution in [0, 0.1) is 0 Å². The summed E-state index contributed by atoms with van der Waals surface area (Å²) in [5.41, 5.74) is 9.72. The van der Waals surface area contributed by atoms with Gasteiger partial charge in [0.1, 0.15) is 5.82 Å². The number of nitrogens with zero attached hydrogens (tertiary/aromatic N) is 3. The van der Waals surface area contributed by atoms with Gasteiger partial charge >= 0.3 is 0 Å². The second kappa shape index (κ2) is 6.53. The van der Waals surface area contributed by atoms with Crippen LogP contribution in [0.2, 0.25) is 0 Å². The molecule has 3 N–H and O–H groups in total. The third-order valence-electron chi connectivity index (χ3n) is 5.03. The molecule has 1 aromatic heterocycles. The van der Waals surface area contributed by atoms with Gasteiger partial charge in [-0.15, -0.1) is 0 Å². The van der Waals surface area contributed by atoms with Crippen molar-refractivity contribution < 1.29 is 0 Å². The van der Waals surface area contributed by atoms with Crippen LogP contribution >= 0.6 is 12.2 Å². The van der Waals surface area contributed by atoms with Gasteiger partial charge in [0.15, 0.2) is 5.11 Å². The molecule has 0 bridgehead atoms. The number of anilines is 1. The molecule has 0 aliphatic carbocycles. The Bertz CT molecular complexity index is 739. The summed E-state index contributed by atoms with van der Waals surface area (Å²) in [7, 11) is 0. The zero-order chi connectivity index (χ0) is 16.5. The van der Waals surface area contributed by atoms with Gasteiger partial charge in [0, 0.05) is 31.1 Å². The van der Waals surface area contributed by atoms with Gasteiger partial charge in [-0.3, -0.25) is 4.90 Å². The van der Waals surface area contributed by atoms with E-state index in [2.05, 4.69) is 40.5 Å². The van der Waals surface area contributed by atoms with Gasteiger partial charge in [0.05, 0.1) is 5.69 Å². The number of fused-ring (bicyclic) bond motifs is 1.